The van der Waals surface area contributed by atoms with Gasteiger partial charge in [-0.05, 0) is 62.2 Å². The van der Waals surface area contributed by atoms with Crippen molar-refractivity contribution in [1.29, 1.82) is 0 Å². The number of hydrogen-bond donors (Lipinski definition) is 1. The summed E-state index contributed by atoms with van der Waals surface area (Å²) in [4.78, 5) is 1.04. The third-order valence-electron chi connectivity index (χ3n) is 2.38. The summed E-state index contributed by atoms with van der Waals surface area (Å²) in [6.45, 7) is 0.482. The minimum Gasteiger partial charge on any atom is -0.379 e. The highest BCUT2D eigenvalue weighted by Crippen LogP contribution is 2.34. The van der Waals surface area contributed by atoms with Crippen LogP contribution in [0.4, 0.5) is 18.9 Å². The lowest BCUT2D eigenvalue weighted by Crippen LogP contribution is -2.06. The van der Waals surface area contributed by atoms with Gasteiger partial charge in [0.25, 0.3) is 0 Å². The molecule has 1 nitrogen and oxygen atoms in total. The zero-order chi connectivity index (χ0) is 14.0. The van der Waals surface area contributed by atoms with E-state index in [1.807, 2.05) is 12.1 Å². The molecule has 7 heteroatoms. The van der Waals surface area contributed by atoms with E-state index in [0.717, 1.165) is 20.8 Å². The van der Waals surface area contributed by atoms with Crippen LogP contribution in [0.15, 0.2) is 38.6 Å². The number of alkyl halides is 3. The predicted molar refractivity (Wildman–Crippen MR) is 78.5 cm³/mol. The quantitative estimate of drug-likeness (QED) is 0.658. The van der Waals surface area contributed by atoms with E-state index < -0.39 is 11.7 Å². The van der Waals surface area contributed by atoms with Crippen molar-refractivity contribution >= 4 is 48.9 Å². The first kappa shape index (κ1) is 14.9. The fourth-order valence-corrected chi connectivity index (χ4v) is 3.28. The Bertz CT molecular complexity index is 581. The van der Waals surface area contributed by atoms with Crippen LogP contribution in [0.5, 0.6) is 0 Å². The summed E-state index contributed by atoms with van der Waals surface area (Å²) in [5.74, 6) is 0. The van der Waals surface area contributed by atoms with Crippen LogP contribution in [0.25, 0.3) is 0 Å². The maximum atomic E-state index is 12.6. The smallest absolute Gasteiger partial charge is 0.379 e. The minimum absolute atomic E-state index is 0.430. The molecule has 102 valence electrons. The summed E-state index contributed by atoms with van der Waals surface area (Å²) in [5.41, 5.74) is -0.232. The van der Waals surface area contributed by atoms with Crippen LogP contribution in [0.3, 0.4) is 0 Å². The second-order valence-corrected chi connectivity index (χ2v) is 7.15. The molecule has 0 aliphatic carbocycles. The molecule has 0 bridgehead atoms. The molecule has 0 saturated carbocycles. The maximum absolute atomic E-state index is 12.6. The predicted octanol–water partition coefficient (Wildman–Crippen LogP) is 5.90. The second-order valence-electron chi connectivity index (χ2n) is 3.75. The van der Waals surface area contributed by atoms with E-state index in [9.17, 15) is 13.2 Å². The van der Waals surface area contributed by atoms with Gasteiger partial charge >= 0.3 is 6.18 Å². The van der Waals surface area contributed by atoms with Crippen molar-refractivity contribution in [2.24, 2.45) is 0 Å². The number of hydrogen-bond acceptors (Lipinski definition) is 2. The van der Waals surface area contributed by atoms with Gasteiger partial charge in [-0.25, -0.2) is 0 Å². The first-order valence-corrected chi connectivity index (χ1v) is 7.61. The monoisotopic (exact) mass is 413 g/mol. The van der Waals surface area contributed by atoms with E-state index >= 15 is 0 Å². The first-order chi connectivity index (χ1) is 8.86. The molecule has 0 saturated heterocycles. The summed E-state index contributed by atoms with van der Waals surface area (Å²) in [6, 6.07) is 7.38. The lowest BCUT2D eigenvalue weighted by Gasteiger charge is -2.12. The third kappa shape index (κ3) is 3.97. The molecule has 0 fully saturated rings. The van der Waals surface area contributed by atoms with Gasteiger partial charge in [-0.2, -0.15) is 13.2 Å². The zero-order valence-corrected chi connectivity index (χ0v) is 13.4. The Labute approximate surface area is 129 Å². The summed E-state index contributed by atoms with van der Waals surface area (Å²) < 4.78 is 39.5. The summed E-state index contributed by atoms with van der Waals surface area (Å²) >= 11 is 8.12. The van der Waals surface area contributed by atoms with Crippen molar-refractivity contribution in [3.05, 3.63) is 49.0 Å². The lowest BCUT2D eigenvalue weighted by molar-refractivity contribution is -0.137. The minimum atomic E-state index is -4.33. The molecule has 0 amide bonds. The molecule has 0 atom stereocenters. The van der Waals surface area contributed by atoms with Crippen molar-refractivity contribution in [3.8, 4) is 0 Å². The largest absolute Gasteiger partial charge is 0.416 e. The molecule has 0 spiro atoms. The average Bonchev–Trinajstić information content (AvgIpc) is 2.72. The normalized spacial score (nSPS) is 11.6. The Morgan fingerprint density at radius 1 is 1.11 bits per heavy atom. The molecule has 0 aliphatic heterocycles. The molecule has 0 radical (unpaired) electrons. The number of thiophene rings is 1. The molecule has 1 N–H and O–H groups in total. The van der Waals surface area contributed by atoms with Gasteiger partial charge in [-0.1, -0.05) is 0 Å². The highest BCUT2D eigenvalue weighted by atomic mass is 79.9. The molecule has 2 rings (SSSR count). The Balaban J connectivity index is 2.15. The molecule has 1 aromatic heterocycles. The van der Waals surface area contributed by atoms with Gasteiger partial charge in [0.2, 0.25) is 0 Å². The maximum Gasteiger partial charge on any atom is 0.416 e. The van der Waals surface area contributed by atoms with Crippen molar-refractivity contribution in [1.82, 2.24) is 0 Å². The number of anilines is 1. The lowest BCUT2D eigenvalue weighted by atomic mass is 10.2. The highest BCUT2D eigenvalue weighted by molar-refractivity contribution is 9.11. The Kier molecular flexibility index (Phi) is 4.58. The summed E-state index contributed by atoms with van der Waals surface area (Å²) in [5, 5.41) is 3.00. The van der Waals surface area contributed by atoms with Gasteiger partial charge in [-0.3, -0.25) is 0 Å². The molecule has 1 heterocycles. The van der Waals surface area contributed by atoms with Crippen molar-refractivity contribution in [2.75, 3.05) is 5.32 Å². The molecule has 2 aromatic rings. The first-order valence-electron chi connectivity index (χ1n) is 5.21. The van der Waals surface area contributed by atoms with Gasteiger partial charge in [0.15, 0.2) is 0 Å². The fraction of sp³-hybridized carbons (Fsp3) is 0.167. The molecular weight excluding hydrogens is 407 g/mol. The zero-order valence-electron chi connectivity index (χ0n) is 9.39. The van der Waals surface area contributed by atoms with Crippen molar-refractivity contribution < 1.29 is 13.2 Å². The van der Waals surface area contributed by atoms with E-state index in [0.29, 0.717) is 16.7 Å². The van der Waals surface area contributed by atoms with Crippen LogP contribution in [-0.4, -0.2) is 0 Å². The summed E-state index contributed by atoms with van der Waals surface area (Å²) in [6.07, 6.45) is -4.33. The summed E-state index contributed by atoms with van der Waals surface area (Å²) in [7, 11) is 0. The molecule has 0 aliphatic rings. The van der Waals surface area contributed by atoms with E-state index in [4.69, 9.17) is 0 Å². The van der Waals surface area contributed by atoms with Crippen LogP contribution in [0.2, 0.25) is 0 Å². The number of halogens is 5. The molecule has 19 heavy (non-hydrogen) atoms. The van der Waals surface area contributed by atoms with E-state index in [1.54, 1.807) is 0 Å². The van der Waals surface area contributed by atoms with Crippen LogP contribution < -0.4 is 5.32 Å². The Morgan fingerprint density at radius 3 is 2.42 bits per heavy atom. The Morgan fingerprint density at radius 2 is 1.84 bits per heavy atom. The van der Waals surface area contributed by atoms with Gasteiger partial charge in [-0.15, -0.1) is 11.3 Å². The molecule has 1 aromatic carbocycles. The van der Waals surface area contributed by atoms with E-state index in [1.165, 1.54) is 17.4 Å². The fourth-order valence-electron chi connectivity index (χ4n) is 1.47. The van der Waals surface area contributed by atoms with E-state index in [-0.39, 0.29) is 0 Å². The van der Waals surface area contributed by atoms with Gasteiger partial charge in [0.05, 0.1) is 9.35 Å². The van der Waals surface area contributed by atoms with Gasteiger partial charge in [0.1, 0.15) is 0 Å². The molecule has 0 unspecified atom stereocenters. The van der Waals surface area contributed by atoms with Gasteiger partial charge in [0, 0.05) is 21.6 Å². The number of benzene rings is 1. The van der Waals surface area contributed by atoms with Crippen molar-refractivity contribution in [3.63, 3.8) is 0 Å². The SMILES string of the molecule is FC(F)(F)c1ccc(Br)c(NCc2ccc(Br)s2)c1. The third-order valence-corrected chi connectivity index (χ3v) is 4.69. The van der Waals surface area contributed by atoms with Crippen LogP contribution in [0, 0.1) is 0 Å². The van der Waals surface area contributed by atoms with Gasteiger partial charge < -0.3 is 5.32 Å². The standard InChI is InChI=1S/C12H8Br2F3NS/c13-9-3-1-7(12(15,16)17)5-10(9)18-6-8-2-4-11(14)19-8/h1-5,18H,6H2. The average molecular weight is 415 g/mol. The Hall–Kier alpha value is -0.530. The van der Waals surface area contributed by atoms with Crippen molar-refractivity contribution in [2.45, 2.75) is 12.7 Å². The van der Waals surface area contributed by atoms with E-state index in [2.05, 4.69) is 37.2 Å². The highest BCUT2D eigenvalue weighted by Gasteiger charge is 2.30. The second kappa shape index (κ2) is 5.85. The van der Waals surface area contributed by atoms with Crippen LogP contribution in [0.1, 0.15) is 10.4 Å². The topological polar surface area (TPSA) is 12.0 Å². The van der Waals surface area contributed by atoms with Crippen LogP contribution >= 0.6 is 43.2 Å². The number of rotatable bonds is 3. The van der Waals surface area contributed by atoms with Crippen LogP contribution in [-0.2, 0) is 12.7 Å². The number of nitrogens with one attached hydrogen (secondary N) is 1. The molecular formula is C12H8Br2F3NS.